The summed E-state index contributed by atoms with van der Waals surface area (Å²) in [5, 5.41) is 0. The minimum absolute atomic E-state index is 0.220. The van der Waals surface area contributed by atoms with E-state index in [1.54, 1.807) is 0 Å². The summed E-state index contributed by atoms with van der Waals surface area (Å²) in [6.45, 7) is 5.43. The molecule has 2 N–H and O–H groups in total. The van der Waals surface area contributed by atoms with Gasteiger partial charge in [-0.05, 0) is 36.1 Å². The number of nitrogens with two attached hydrogens (primary N) is 1. The second kappa shape index (κ2) is 5.90. The second-order valence-electron chi connectivity index (χ2n) is 5.31. The first kappa shape index (κ1) is 12.9. The fourth-order valence-corrected chi connectivity index (χ4v) is 2.83. The van der Waals surface area contributed by atoms with Crippen LogP contribution in [0.5, 0.6) is 5.75 Å². The van der Waals surface area contributed by atoms with Crippen molar-refractivity contribution in [2.75, 3.05) is 39.5 Å². The van der Waals surface area contributed by atoms with Gasteiger partial charge < -0.3 is 15.2 Å². The zero-order valence-electron chi connectivity index (χ0n) is 11.3. The number of morpholine rings is 1. The van der Waals surface area contributed by atoms with Crippen LogP contribution >= 0.6 is 0 Å². The minimum atomic E-state index is 0.220. The first-order valence-corrected chi connectivity index (χ1v) is 7.14. The minimum Gasteiger partial charge on any atom is -0.492 e. The summed E-state index contributed by atoms with van der Waals surface area (Å²) in [5.74, 6) is 0.973. The first-order chi connectivity index (χ1) is 9.33. The number of hydrogen-bond donors (Lipinski definition) is 1. The van der Waals surface area contributed by atoms with Crippen molar-refractivity contribution < 1.29 is 9.47 Å². The van der Waals surface area contributed by atoms with Crippen molar-refractivity contribution in [2.45, 2.75) is 18.9 Å². The third kappa shape index (κ3) is 3.08. The zero-order chi connectivity index (χ0) is 13.1. The van der Waals surface area contributed by atoms with Crippen molar-refractivity contribution in [2.24, 2.45) is 5.73 Å². The molecule has 0 unspecified atom stereocenters. The summed E-state index contributed by atoms with van der Waals surface area (Å²) in [5.41, 5.74) is 8.68. The molecule has 0 bridgehead atoms. The van der Waals surface area contributed by atoms with E-state index >= 15 is 0 Å². The lowest BCUT2D eigenvalue weighted by molar-refractivity contribution is 0.0322. The van der Waals surface area contributed by atoms with Gasteiger partial charge in [0, 0.05) is 25.7 Å². The summed E-state index contributed by atoms with van der Waals surface area (Å²) in [6, 6.07) is 6.54. The Kier molecular flexibility index (Phi) is 4.01. The van der Waals surface area contributed by atoms with Crippen LogP contribution in [0.3, 0.4) is 0 Å². The molecule has 1 saturated heterocycles. The normalized spacial score (nSPS) is 23.3. The number of hydrogen-bond acceptors (Lipinski definition) is 4. The SMILES string of the molecule is N[C@H]1CCc2cc(OCCN3CCOCC3)ccc21. The van der Waals surface area contributed by atoms with Crippen LogP contribution in [-0.4, -0.2) is 44.4 Å². The maximum Gasteiger partial charge on any atom is 0.119 e. The Morgan fingerprint density at radius 3 is 3.00 bits per heavy atom. The Bertz CT molecular complexity index is 430. The van der Waals surface area contributed by atoms with Gasteiger partial charge in [0.05, 0.1) is 13.2 Å². The van der Waals surface area contributed by atoms with Crippen molar-refractivity contribution in [3.8, 4) is 5.75 Å². The van der Waals surface area contributed by atoms with Gasteiger partial charge in [0.15, 0.2) is 0 Å². The van der Waals surface area contributed by atoms with Crippen LogP contribution in [0.15, 0.2) is 18.2 Å². The highest BCUT2D eigenvalue weighted by Crippen LogP contribution is 2.31. The predicted octanol–water partition coefficient (Wildman–Crippen LogP) is 1.34. The Labute approximate surface area is 114 Å². The molecule has 0 saturated carbocycles. The van der Waals surface area contributed by atoms with E-state index in [0.29, 0.717) is 0 Å². The smallest absolute Gasteiger partial charge is 0.119 e. The third-order valence-electron chi connectivity index (χ3n) is 4.02. The van der Waals surface area contributed by atoms with Gasteiger partial charge in [-0.3, -0.25) is 4.90 Å². The second-order valence-corrected chi connectivity index (χ2v) is 5.31. The highest BCUT2D eigenvalue weighted by atomic mass is 16.5. The van der Waals surface area contributed by atoms with Gasteiger partial charge in [-0.25, -0.2) is 0 Å². The van der Waals surface area contributed by atoms with E-state index in [1.165, 1.54) is 11.1 Å². The molecule has 1 aliphatic carbocycles. The molecular formula is C15H22N2O2. The molecule has 19 heavy (non-hydrogen) atoms. The molecule has 0 radical (unpaired) electrons. The summed E-state index contributed by atoms with van der Waals surface area (Å²) in [4.78, 5) is 2.38. The van der Waals surface area contributed by atoms with Crippen LogP contribution in [0.4, 0.5) is 0 Å². The van der Waals surface area contributed by atoms with Crippen LogP contribution in [0.25, 0.3) is 0 Å². The largest absolute Gasteiger partial charge is 0.492 e. The van der Waals surface area contributed by atoms with Gasteiger partial charge in [0.1, 0.15) is 12.4 Å². The molecule has 104 valence electrons. The van der Waals surface area contributed by atoms with E-state index in [1.807, 2.05) is 6.07 Å². The van der Waals surface area contributed by atoms with Gasteiger partial charge >= 0.3 is 0 Å². The maximum atomic E-state index is 6.03. The number of fused-ring (bicyclic) bond motifs is 1. The zero-order valence-corrected chi connectivity index (χ0v) is 11.3. The van der Waals surface area contributed by atoms with E-state index in [9.17, 15) is 0 Å². The average molecular weight is 262 g/mol. The van der Waals surface area contributed by atoms with Crippen molar-refractivity contribution in [3.05, 3.63) is 29.3 Å². The van der Waals surface area contributed by atoms with Gasteiger partial charge in [-0.15, -0.1) is 0 Å². The molecule has 4 nitrogen and oxygen atoms in total. The monoisotopic (exact) mass is 262 g/mol. The summed E-state index contributed by atoms with van der Waals surface area (Å²) < 4.78 is 11.2. The van der Waals surface area contributed by atoms with Crippen LogP contribution in [0.2, 0.25) is 0 Å². The van der Waals surface area contributed by atoms with Crippen LogP contribution in [0.1, 0.15) is 23.6 Å². The third-order valence-corrected chi connectivity index (χ3v) is 4.02. The van der Waals surface area contributed by atoms with Gasteiger partial charge in [-0.2, -0.15) is 0 Å². The Hall–Kier alpha value is -1.10. The molecule has 1 heterocycles. The van der Waals surface area contributed by atoms with Crippen LogP contribution < -0.4 is 10.5 Å². The lowest BCUT2D eigenvalue weighted by Gasteiger charge is -2.26. The maximum absolute atomic E-state index is 6.03. The van der Waals surface area contributed by atoms with Gasteiger partial charge in [0.25, 0.3) is 0 Å². The Balaban J connectivity index is 1.50. The van der Waals surface area contributed by atoms with E-state index < -0.39 is 0 Å². The summed E-state index contributed by atoms with van der Waals surface area (Å²) in [7, 11) is 0. The fourth-order valence-electron chi connectivity index (χ4n) is 2.83. The summed E-state index contributed by atoms with van der Waals surface area (Å²) >= 11 is 0. The van der Waals surface area contributed by atoms with E-state index in [4.69, 9.17) is 15.2 Å². The standard InChI is InChI=1S/C15H22N2O2/c16-15-4-1-12-11-13(2-3-14(12)15)19-10-7-17-5-8-18-9-6-17/h2-3,11,15H,1,4-10,16H2/t15-/m0/s1. The molecule has 1 aromatic carbocycles. The van der Waals surface area contributed by atoms with E-state index in [2.05, 4.69) is 17.0 Å². The molecular weight excluding hydrogens is 240 g/mol. The fraction of sp³-hybridized carbons (Fsp3) is 0.600. The van der Waals surface area contributed by atoms with Crippen molar-refractivity contribution in [1.29, 1.82) is 0 Å². The lowest BCUT2D eigenvalue weighted by atomic mass is 10.1. The lowest BCUT2D eigenvalue weighted by Crippen LogP contribution is -2.38. The predicted molar refractivity (Wildman–Crippen MR) is 74.4 cm³/mol. The van der Waals surface area contributed by atoms with Crippen LogP contribution in [-0.2, 0) is 11.2 Å². The molecule has 3 rings (SSSR count). The molecule has 0 spiro atoms. The number of nitrogens with zero attached hydrogens (tertiary/aromatic N) is 1. The first-order valence-electron chi connectivity index (χ1n) is 7.14. The molecule has 1 atom stereocenters. The van der Waals surface area contributed by atoms with Crippen molar-refractivity contribution >= 4 is 0 Å². The average Bonchev–Trinajstić information content (AvgIpc) is 2.81. The topological polar surface area (TPSA) is 47.7 Å². The Morgan fingerprint density at radius 2 is 2.16 bits per heavy atom. The number of ether oxygens (including phenoxy) is 2. The molecule has 2 aliphatic rings. The highest BCUT2D eigenvalue weighted by molar-refractivity contribution is 5.40. The number of rotatable bonds is 4. The summed E-state index contributed by atoms with van der Waals surface area (Å²) in [6.07, 6.45) is 2.14. The van der Waals surface area contributed by atoms with E-state index in [-0.39, 0.29) is 6.04 Å². The van der Waals surface area contributed by atoms with Crippen LogP contribution in [0, 0.1) is 0 Å². The quantitative estimate of drug-likeness (QED) is 0.889. The van der Waals surface area contributed by atoms with Gasteiger partial charge in [-0.1, -0.05) is 6.07 Å². The van der Waals surface area contributed by atoms with Crippen molar-refractivity contribution in [1.82, 2.24) is 4.90 Å². The molecule has 0 amide bonds. The molecule has 1 aliphatic heterocycles. The van der Waals surface area contributed by atoms with E-state index in [0.717, 1.165) is 58.0 Å². The molecule has 1 aromatic rings. The van der Waals surface area contributed by atoms with Gasteiger partial charge in [0.2, 0.25) is 0 Å². The highest BCUT2D eigenvalue weighted by Gasteiger charge is 2.19. The number of benzene rings is 1. The molecule has 1 fully saturated rings. The van der Waals surface area contributed by atoms with Crippen molar-refractivity contribution in [3.63, 3.8) is 0 Å². The molecule has 4 heteroatoms. The Morgan fingerprint density at radius 1 is 1.32 bits per heavy atom. The molecule has 0 aromatic heterocycles. The number of aryl methyl sites for hydroxylation is 1.